The Morgan fingerprint density at radius 3 is 2.76 bits per heavy atom. The van der Waals surface area contributed by atoms with Crippen molar-refractivity contribution < 1.29 is 23.8 Å². The molecule has 2 rings (SSSR count). The molecule has 0 saturated carbocycles. The van der Waals surface area contributed by atoms with E-state index >= 15 is 0 Å². The summed E-state index contributed by atoms with van der Waals surface area (Å²) in [5.74, 6) is -2.14. The molecule has 0 bridgehead atoms. The van der Waals surface area contributed by atoms with Crippen LogP contribution in [-0.4, -0.2) is 41.3 Å². The van der Waals surface area contributed by atoms with Gasteiger partial charge in [0, 0.05) is 19.0 Å². The number of rotatable bonds is 4. The second-order valence-corrected chi connectivity index (χ2v) is 5.13. The Bertz CT molecular complexity index is 494. The number of piperidine rings is 1. The molecule has 0 radical (unpaired) electrons. The van der Waals surface area contributed by atoms with E-state index < -0.39 is 24.2 Å². The Morgan fingerprint density at radius 2 is 2.10 bits per heavy atom. The van der Waals surface area contributed by atoms with E-state index in [1.54, 1.807) is 0 Å². The number of hydrogen-bond donors (Lipinski definition) is 1. The molecule has 1 amide bonds. The molecule has 1 heterocycles. The Morgan fingerprint density at radius 1 is 1.38 bits per heavy atom. The van der Waals surface area contributed by atoms with E-state index in [4.69, 9.17) is 9.84 Å². The maximum atomic E-state index is 13.5. The number of carbonyl (C=O) groups is 2. The molecule has 6 heteroatoms. The predicted octanol–water partition coefficient (Wildman–Crippen LogP) is 2.46. The molecular formula is C15H18FNO4. The lowest BCUT2D eigenvalue weighted by Gasteiger charge is -2.32. The van der Waals surface area contributed by atoms with Gasteiger partial charge in [0.1, 0.15) is 6.61 Å². The number of halogens is 1. The molecule has 5 nitrogen and oxygen atoms in total. The van der Waals surface area contributed by atoms with Crippen molar-refractivity contribution in [3.8, 4) is 0 Å². The first kappa shape index (κ1) is 15.3. The summed E-state index contributed by atoms with van der Waals surface area (Å²) in [7, 11) is 0. The summed E-state index contributed by atoms with van der Waals surface area (Å²) in [5, 5.41) is 8.70. The molecule has 21 heavy (non-hydrogen) atoms. The number of nitrogens with zero attached hydrogens (tertiary/aromatic N) is 1. The first-order chi connectivity index (χ1) is 10.1. The largest absolute Gasteiger partial charge is 0.479 e. The maximum absolute atomic E-state index is 13.5. The summed E-state index contributed by atoms with van der Waals surface area (Å²) >= 11 is 0. The van der Waals surface area contributed by atoms with Gasteiger partial charge < -0.3 is 14.7 Å². The Hall–Kier alpha value is -2.11. The van der Waals surface area contributed by atoms with Crippen molar-refractivity contribution in [3.63, 3.8) is 0 Å². The van der Waals surface area contributed by atoms with Crippen LogP contribution in [0.3, 0.4) is 0 Å². The highest BCUT2D eigenvalue weighted by Crippen LogP contribution is 2.22. The van der Waals surface area contributed by atoms with Crippen LogP contribution >= 0.6 is 0 Å². The van der Waals surface area contributed by atoms with Crippen LogP contribution in [0.2, 0.25) is 0 Å². The Balaban J connectivity index is 1.86. The summed E-state index contributed by atoms with van der Waals surface area (Å²) in [4.78, 5) is 24.0. The van der Waals surface area contributed by atoms with E-state index in [1.165, 1.54) is 4.90 Å². The summed E-state index contributed by atoms with van der Waals surface area (Å²) in [6, 6.07) is 9.25. The maximum Gasteiger partial charge on any atom is 0.410 e. The van der Waals surface area contributed by atoms with Crippen molar-refractivity contribution in [2.24, 2.45) is 5.92 Å². The van der Waals surface area contributed by atoms with Gasteiger partial charge in [0.2, 0.25) is 6.17 Å². The number of carboxylic acids is 1. The monoisotopic (exact) mass is 295 g/mol. The van der Waals surface area contributed by atoms with Gasteiger partial charge in [0.15, 0.2) is 0 Å². The molecule has 1 aliphatic rings. The zero-order chi connectivity index (χ0) is 15.2. The number of benzene rings is 1. The van der Waals surface area contributed by atoms with Crippen molar-refractivity contribution in [1.82, 2.24) is 4.90 Å². The number of carboxylic acid groups (broad SMARTS) is 1. The molecule has 0 aliphatic carbocycles. The molecule has 1 aromatic carbocycles. The van der Waals surface area contributed by atoms with E-state index in [2.05, 4.69) is 0 Å². The molecule has 1 aliphatic heterocycles. The van der Waals surface area contributed by atoms with Crippen molar-refractivity contribution in [1.29, 1.82) is 0 Å². The summed E-state index contributed by atoms with van der Waals surface area (Å²) < 4.78 is 18.7. The lowest BCUT2D eigenvalue weighted by Crippen LogP contribution is -2.44. The smallest absolute Gasteiger partial charge is 0.410 e. The number of carbonyl (C=O) groups excluding carboxylic acids is 1. The summed E-state index contributed by atoms with van der Waals surface area (Å²) in [6.07, 6.45) is -1.41. The topological polar surface area (TPSA) is 66.8 Å². The summed E-state index contributed by atoms with van der Waals surface area (Å²) in [6.45, 7) is 0.705. The number of ether oxygens (including phenoxy) is 1. The van der Waals surface area contributed by atoms with Crippen LogP contribution in [0.1, 0.15) is 18.4 Å². The standard InChI is InChI=1S/C15H18FNO4/c16-13(14(18)19)12-7-4-8-17(9-12)15(20)21-10-11-5-2-1-3-6-11/h1-3,5-6,12-13H,4,7-10H2,(H,18,19). The van der Waals surface area contributed by atoms with Crippen molar-refractivity contribution in [2.75, 3.05) is 13.1 Å². The lowest BCUT2D eigenvalue weighted by molar-refractivity contribution is -0.145. The molecule has 0 aromatic heterocycles. The fourth-order valence-electron chi connectivity index (χ4n) is 2.43. The van der Waals surface area contributed by atoms with Gasteiger partial charge in [0.05, 0.1) is 0 Å². The normalized spacial score (nSPS) is 19.9. The zero-order valence-corrected chi connectivity index (χ0v) is 11.6. The van der Waals surface area contributed by atoms with Crippen LogP contribution < -0.4 is 0 Å². The van der Waals surface area contributed by atoms with Crippen LogP contribution in [0, 0.1) is 5.92 Å². The second-order valence-electron chi connectivity index (χ2n) is 5.13. The third-order valence-electron chi connectivity index (χ3n) is 3.57. The number of hydrogen-bond acceptors (Lipinski definition) is 3. The number of aliphatic carboxylic acids is 1. The number of likely N-dealkylation sites (tertiary alicyclic amines) is 1. The number of alkyl halides is 1. The fourth-order valence-corrected chi connectivity index (χ4v) is 2.43. The molecule has 1 aromatic rings. The Kier molecular flexibility index (Phi) is 5.14. The van der Waals surface area contributed by atoms with Gasteiger partial charge in [-0.2, -0.15) is 0 Å². The lowest BCUT2D eigenvalue weighted by atomic mass is 9.94. The van der Waals surface area contributed by atoms with Gasteiger partial charge in [-0.05, 0) is 18.4 Å². The molecule has 114 valence electrons. The first-order valence-corrected chi connectivity index (χ1v) is 6.90. The van der Waals surface area contributed by atoms with Gasteiger partial charge in [-0.15, -0.1) is 0 Å². The summed E-state index contributed by atoms with van der Waals surface area (Å²) in [5.41, 5.74) is 0.869. The van der Waals surface area contributed by atoms with Gasteiger partial charge in [-0.1, -0.05) is 30.3 Å². The van der Waals surface area contributed by atoms with Gasteiger partial charge in [-0.25, -0.2) is 14.0 Å². The first-order valence-electron chi connectivity index (χ1n) is 6.90. The Labute approximate surface area is 122 Å². The average molecular weight is 295 g/mol. The minimum Gasteiger partial charge on any atom is -0.479 e. The van der Waals surface area contributed by atoms with Gasteiger partial charge >= 0.3 is 12.1 Å². The molecular weight excluding hydrogens is 277 g/mol. The third kappa shape index (κ3) is 4.18. The van der Waals surface area contributed by atoms with E-state index in [9.17, 15) is 14.0 Å². The van der Waals surface area contributed by atoms with E-state index in [-0.39, 0.29) is 13.2 Å². The fraction of sp³-hybridized carbons (Fsp3) is 0.467. The van der Waals surface area contributed by atoms with Crippen molar-refractivity contribution >= 4 is 12.1 Å². The highest BCUT2D eigenvalue weighted by molar-refractivity contribution is 5.73. The van der Waals surface area contributed by atoms with Gasteiger partial charge in [-0.3, -0.25) is 0 Å². The molecule has 2 unspecified atom stereocenters. The molecule has 1 N–H and O–H groups in total. The predicted molar refractivity (Wildman–Crippen MR) is 73.5 cm³/mol. The van der Waals surface area contributed by atoms with E-state index in [0.717, 1.165) is 5.56 Å². The highest BCUT2D eigenvalue weighted by atomic mass is 19.1. The van der Waals surface area contributed by atoms with E-state index in [0.29, 0.717) is 19.4 Å². The average Bonchev–Trinajstić information content (AvgIpc) is 2.53. The third-order valence-corrected chi connectivity index (χ3v) is 3.57. The number of amides is 1. The molecule has 2 atom stereocenters. The minimum atomic E-state index is -1.94. The second kappa shape index (κ2) is 7.06. The minimum absolute atomic E-state index is 0.0844. The van der Waals surface area contributed by atoms with Crippen LogP contribution in [0.5, 0.6) is 0 Å². The van der Waals surface area contributed by atoms with Crippen LogP contribution in [-0.2, 0) is 16.1 Å². The van der Waals surface area contributed by atoms with Crippen LogP contribution in [0.15, 0.2) is 30.3 Å². The molecule has 1 fully saturated rings. The van der Waals surface area contributed by atoms with Crippen LogP contribution in [0.25, 0.3) is 0 Å². The van der Waals surface area contributed by atoms with Gasteiger partial charge in [0.25, 0.3) is 0 Å². The highest BCUT2D eigenvalue weighted by Gasteiger charge is 2.34. The molecule has 1 saturated heterocycles. The van der Waals surface area contributed by atoms with Crippen LogP contribution in [0.4, 0.5) is 9.18 Å². The van der Waals surface area contributed by atoms with E-state index in [1.807, 2.05) is 30.3 Å². The van der Waals surface area contributed by atoms with Crippen molar-refractivity contribution in [3.05, 3.63) is 35.9 Å². The molecule has 0 spiro atoms. The zero-order valence-electron chi connectivity index (χ0n) is 11.6. The van der Waals surface area contributed by atoms with Crippen molar-refractivity contribution in [2.45, 2.75) is 25.6 Å². The SMILES string of the molecule is O=C(O)C(F)C1CCCN(C(=O)OCc2ccccc2)C1. The quantitative estimate of drug-likeness (QED) is 0.926.